The van der Waals surface area contributed by atoms with Crippen LogP contribution in [-0.4, -0.2) is 35.5 Å². The number of ketones is 1. The second-order valence-electron chi connectivity index (χ2n) is 7.33. The highest BCUT2D eigenvalue weighted by Crippen LogP contribution is 2.24. The lowest BCUT2D eigenvalue weighted by Crippen LogP contribution is -2.42. The van der Waals surface area contributed by atoms with Crippen LogP contribution in [0.1, 0.15) is 56.5 Å². The molecule has 1 aliphatic rings. The first kappa shape index (κ1) is 17.5. The predicted octanol–water partition coefficient (Wildman–Crippen LogP) is 4.08. The van der Waals surface area contributed by atoms with E-state index in [0.29, 0.717) is 5.92 Å². The van der Waals surface area contributed by atoms with Gasteiger partial charge in [0.25, 0.3) is 0 Å². The molecule has 1 amide bonds. The van der Waals surface area contributed by atoms with Crippen LogP contribution in [0.3, 0.4) is 0 Å². The van der Waals surface area contributed by atoms with Crippen LogP contribution >= 0.6 is 0 Å². The molecule has 1 aliphatic heterocycles. The summed E-state index contributed by atoms with van der Waals surface area (Å²) in [6.45, 7) is 8.72. The molecule has 1 fully saturated rings. The van der Waals surface area contributed by atoms with Gasteiger partial charge in [-0.1, -0.05) is 24.3 Å². The highest BCUT2D eigenvalue weighted by atomic mass is 16.6. The van der Waals surface area contributed by atoms with Crippen LogP contribution in [0.5, 0.6) is 0 Å². The molecule has 0 spiro atoms. The van der Waals surface area contributed by atoms with Crippen molar-refractivity contribution in [3.05, 3.63) is 35.4 Å². The smallest absolute Gasteiger partial charge is 0.410 e. The van der Waals surface area contributed by atoms with Crippen molar-refractivity contribution in [1.82, 2.24) is 4.90 Å². The molecule has 0 saturated carbocycles. The quantitative estimate of drug-likeness (QED) is 0.789. The van der Waals surface area contributed by atoms with Crippen molar-refractivity contribution in [2.24, 2.45) is 5.92 Å². The Balaban J connectivity index is 1.91. The van der Waals surface area contributed by atoms with Crippen molar-refractivity contribution >= 4 is 11.9 Å². The number of benzene rings is 1. The van der Waals surface area contributed by atoms with E-state index < -0.39 is 5.60 Å². The minimum absolute atomic E-state index is 0.117. The predicted molar refractivity (Wildman–Crippen MR) is 90.7 cm³/mol. The molecule has 1 aromatic rings. The first-order chi connectivity index (χ1) is 10.8. The minimum Gasteiger partial charge on any atom is -0.444 e. The normalized spacial score (nSPS) is 16.3. The number of Topliss-reactive ketones (excluding diaryl/α,β-unsaturated/α-hetero) is 1. The standard InChI is InChI=1S/C19H27NO3/c1-14(21)17-8-6-5-7-16(17)13-15-9-11-20(12-10-15)18(22)23-19(2,3)4/h5-8,15H,9-13H2,1-4H3. The van der Waals surface area contributed by atoms with Gasteiger partial charge in [0, 0.05) is 18.7 Å². The number of piperidine rings is 1. The van der Waals surface area contributed by atoms with Gasteiger partial charge >= 0.3 is 6.09 Å². The van der Waals surface area contributed by atoms with E-state index in [1.165, 1.54) is 0 Å². The number of carbonyl (C=O) groups excluding carboxylic acids is 2. The fourth-order valence-electron chi connectivity index (χ4n) is 3.00. The van der Waals surface area contributed by atoms with Crippen LogP contribution in [0.15, 0.2) is 24.3 Å². The maximum Gasteiger partial charge on any atom is 0.410 e. The maximum absolute atomic E-state index is 12.1. The molecule has 0 bridgehead atoms. The zero-order chi connectivity index (χ0) is 17.0. The number of hydrogen-bond donors (Lipinski definition) is 0. The van der Waals surface area contributed by atoms with E-state index in [9.17, 15) is 9.59 Å². The van der Waals surface area contributed by atoms with E-state index >= 15 is 0 Å². The van der Waals surface area contributed by atoms with Gasteiger partial charge in [0.2, 0.25) is 0 Å². The number of rotatable bonds is 3. The molecule has 126 valence electrons. The molecule has 0 unspecified atom stereocenters. The van der Waals surface area contributed by atoms with Gasteiger partial charge in [-0.05, 0) is 58.4 Å². The van der Waals surface area contributed by atoms with Crippen LogP contribution in [0.4, 0.5) is 4.79 Å². The van der Waals surface area contributed by atoms with Gasteiger partial charge in [-0.25, -0.2) is 4.79 Å². The molecular formula is C19H27NO3. The molecule has 23 heavy (non-hydrogen) atoms. The van der Waals surface area contributed by atoms with Crippen molar-refractivity contribution < 1.29 is 14.3 Å². The second kappa shape index (κ2) is 7.16. The summed E-state index contributed by atoms with van der Waals surface area (Å²) >= 11 is 0. The Morgan fingerprint density at radius 1 is 1.17 bits per heavy atom. The van der Waals surface area contributed by atoms with Crippen LogP contribution in [0.25, 0.3) is 0 Å². The molecule has 0 N–H and O–H groups in total. The summed E-state index contributed by atoms with van der Waals surface area (Å²) < 4.78 is 5.42. The Labute approximate surface area is 138 Å². The van der Waals surface area contributed by atoms with Gasteiger partial charge in [-0.2, -0.15) is 0 Å². The zero-order valence-corrected chi connectivity index (χ0v) is 14.6. The number of ether oxygens (including phenoxy) is 1. The Morgan fingerprint density at radius 3 is 2.35 bits per heavy atom. The van der Waals surface area contributed by atoms with Crippen molar-refractivity contribution in [2.45, 2.75) is 52.6 Å². The SMILES string of the molecule is CC(=O)c1ccccc1CC1CCN(C(=O)OC(C)(C)C)CC1. The van der Waals surface area contributed by atoms with E-state index in [0.717, 1.165) is 43.5 Å². The molecular weight excluding hydrogens is 290 g/mol. The fraction of sp³-hybridized carbons (Fsp3) is 0.579. The van der Waals surface area contributed by atoms with E-state index in [-0.39, 0.29) is 11.9 Å². The molecule has 0 aliphatic carbocycles. The van der Waals surface area contributed by atoms with Crippen LogP contribution in [-0.2, 0) is 11.2 Å². The third-order valence-corrected chi connectivity index (χ3v) is 4.17. The molecule has 0 aromatic heterocycles. The van der Waals surface area contributed by atoms with Crippen LogP contribution in [0, 0.1) is 5.92 Å². The summed E-state index contributed by atoms with van der Waals surface area (Å²) in [7, 11) is 0. The minimum atomic E-state index is -0.450. The molecule has 1 saturated heterocycles. The first-order valence-electron chi connectivity index (χ1n) is 8.33. The van der Waals surface area contributed by atoms with E-state index in [1.54, 1.807) is 11.8 Å². The third kappa shape index (κ3) is 5.08. The molecule has 0 atom stereocenters. The first-order valence-corrected chi connectivity index (χ1v) is 8.33. The van der Waals surface area contributed by atoms with Gasteiger partial charge in [0.1, 0.15) is 5.60 Å². The van der Waals surface area contributed by atoms with Crippen molar-refractivity contribution in [2.75, 3.05) is 13.1 Å². The number of carbonyl (C=O) groups is 2. The average Bonchev–Trinajstić information content (AvgIpc) is 2.46. The molecule has 2 rings (SSSR count). The number of nitrogens with zero attached hydrogens (tertiary/aromatic N) is 1. The number of likely N-dealkylation sites (tertiary alicyclic amines) is 1. The Kier molecular flexibility index (Phi) is 5.45. The summed E-state index contributed by atoms with van der Waals surface area (Å²) in [5, 5.41) is 0. The molecule has 1 heterocycles. The lowest BCUT2D eigenvalue weighted by Gasteiger charge is -2.33. The second-order valence-corrected chi connectivity index (χ2v) is 7.33. The highest BCUT2D eigenvalue weighted by molar-refractivity contribution is 5.95. The Morgan fingerprint density at radius 2 is 1.78 bits per heavy atom. The maximum atomic E-state index is 12.1. The average molecular weight is 317 g/mol. The van der Waals surface area contributed by atoms with Gasteiger partial charge in [0.15, 0.2) is 5.78 Å². The Bertz CT molecular complexity index is 566. The topological polar surface area (TPSA) is 46.6 Å². The molecule has 0 radical (unpaired) electrons. The van der Waals surface area contributed by atoms with Crippen molar-refractivity contribution in [3.63, 3.8) is 0 Å². The summed E-state index contributed by atoms with van der Waals surface area (Å²) in [5.41, 5.74) is 1.49. The van der Waals surface area contributed by atoms with E-state index in [2.05, 4.69) is 0 Å². The molecule has 4 heteroatoms. The number of amides is 1. The van der Waals surface area contributed by atoms with Crippen molar-refractivity contribution in [1.29, 1.82) is 0 Å². The summed E-state index contributed by atoms with van der Waals surface area (Å²) in [4.78, 5) is 25.6. The summed E-state index contributed by atoms with van der Waals surface area (Å²) in [5.74, 6) is 0.626. The van der Waals surface area contributed by atoms with Gasteiger partial charge < -0.3 is 9.64 Å². The fourth-order valence-corrected chi connectivity index (χ4v) is 3.00. The number of hydrogen-bond acceptors (Lipinski definition) is 3. The van der Waals surface area contributed by atoms with Gasteiger partial charge in [-0.3, -0.25) is 4.79 Å². The molecule has 1 aromatic carbocycles. The van der Waals surface area contributed by atoms with Crippen LogP contribution < -0.4 is 0 Å². The highest BCUT2D eigenvalue weighted by Gasteiger charge is 2.27. The van der Waals surface area contributed by atoms with E-state index in [1.807, 2.05) is 45.0 Å². The van der Waals surface area contributed by atoms with Crippen LogP contribution in [0.2, 0.25) is 0 Å². The molecule has 4 nitrogen and oxygen atoms in total. The summed E-state index contributed by atoms with van der Waals surface area (Å²) in [6.07, 6.45) is 2.58. The monoisotopic (exact) mass is 317 g/mol. The zero-order valence-electron chi connectivity index (χ0n) is 14.6. The summed E-state index contributed by atoms with van der Waals surface area (Å²) in [6, 6.07) is 7.83. The van der Waals surface area contributed by atoms with Gasteiger partial charge in [-0.15, -0.1) is 0 Å². The third-order valence-electron chi connectivity index (χ3n) is 4.17. The van der Waals surface area contributed by atoms with Gasteiger partial charge in [0.05, 0.1) is 0 Å². The van der Waals surface area contributed by atoms with E-state index in [4.69, 9.17) is 4.74 Å². The van der Waals surface area contributed by atoms with Crippen molar-refractivity contribution in [3.8, 4) is 0 Å². The largest absolute Gasteiger partial charge is 0.444 e. The lowest BCUT2D eigenvalue weighted by atomic mass is 9.88. The Hall–Kier alpha value is -1.84. The lowest BCUT2D eigenvalue weighted by molar-refractivity contribution is 0.0184.